The highest BCUT2D eigenvalue weighted by Crippen LogP contribution is 2.40. The molecule has 1 aliphatic rings. The number of carbonyl (C=O) groups is 2. The van der Waals surface area contributed by atoms with E-state index in [0.717, 1.165) is 23.8 Å². The summed E-state index contributed by atoms with van der Waals surface area (Å²) >= 11 is 1.37. The van der Waals surface area contributed by atoms with Crippen molar-refractivity contribution >= 4 is 23.6 Å². The summed E-state index contributed by atoms with van der Waals surface area (Å²) in [5.74, 6) is 0.721. The normalized spacial score (nSPS) is 14.7. The third-order valence-corrected chi connectivity index (χ3v) is 5.37. The van der Waals surface area contributed by atoms with E-state index in [2.05, 4.69) is 32.2 Å². The highest BCUT2D eigenvalue weighted by molar-refractivity contribution is 7.99. The molecule has 1 aromatic heterocycles. The highest BCUT2D eigenvalue weighted by Gasteiger charge is 2.30. The molecule has 2 aromatic rings. The Kier molecular flexibility index (Phi) is 6.49. The summed E-state index contributed by atoms with van der Waals surface area (Å²) in [7, 11) is 0. The first kappa shape index (κ1) is 19.4. The molecule has 1 heterocycles. The Balaban J connectivity index is 1.59. The van der Waals surface area contributed by atoms with Gasteiger partial charge in [-0.2, -0.15) is 0 Å². The molecule has 27 heavy (non-hydrogen) atoms. The minimum Gasteiger partial charge on any atom is -0.481 e. The molecule has 1 aliphatic carbocycles. The molecule has 8 heteroatoms. The Hall–Kier alpha value is -2.35. The summed E-state index contributed by atoms with van der Waals surface area (Å²) in [6.07, 6.45) is 2.74. The van der Waals surface area contributed by atoms with Gasteiger partial charge in [0, 0.05) is 18.4 Å². The van der Waals surface area contributed by atoms with Crippen LogP contribution in [0.5, 0.6) is 0 Å². The van der Waals surface area contributed by atoms with Gasteiger partial charge in [0.05, 0.1) is 12.3 Å². The maximum absolute atomic E-state index is 12.2. The second kappa shape index (κ2) is 9.03. The number of aromatic nitrogens is 3. The summed E-state index contributed by atoms with van der Waals surface area (Å²) in [6, 6.07) is 9.98. The van der Waals surface area contributed by atoms with Crippen LogP contribution >= 0.6 is 11.8 Å². The minimum absolute atomic E-state index is 0.0464. The first-order valence-corrected chi connectivity index (χ1v) is 10.1. The van der Waals surface area contributed by atoms with E-state index in [9.17, 15) is 9.59 Å². The van der Waals surface area contributed by atoms with Crippen molar-refractivity contribution in [3.63, 3.8) is 0 Å². The van der Waals surface area contributed by atoms with Gasteiger partial charge in [-0.1, -0.05) is 42.1 Å². The van der Waals surface area contributed by atoms with Crippen molar-refractivity contribution in [1.29, 1.82) is 0 Å². The molecule has 1 fully saturated rings. The van der Waals surface area contributed by atoms with Crippen molar-refractivity contribution in [2.75, 3.05) is 5.75 Å². The molecule has 1 amide bonds. The average molecular weight is 388 g/mol. The first-order chi connectivity index (χ1) is 13.0. The number of amides is 1. The topological polar surface area (TPSA) is 97.1 Å². The van der Waals surface area contributed by atoms with Crippen molar-refractivity contribution in [1.82, 2.24) is 20.1 Å². The zero-order chi connectivity index (χ0) is 19.2. The van der Waals surface area contributed by atoms with Gasteiger partial charge in [-0.05, 0) is 31.7 Å². The molecule has 3 rings (SSSR count). The number of aliphatic carboxylic acids is 1. The number of carbonyl (C=O) groups excluding carboxylic acids is 1. The summed E-state index contributed by atoms with van der Waals surface area (Å²) < 4.78 is 2.11. The van der Waals surface area contributed by atoms with Gasteiger partial charge >= 0.3 is 5.97 Å². The van der Waals surface area contributed by atoms with Crippen LogP contribution < -0.4 is 5.32 Å². The number of carboxylic acids is 1. The van der Waals surface area contributed by atoms with Crippen LogP contribution in [0.1, 0.15) is 49.9 Å². The lowest BCUT2D eigenvalue weighted by atomic mass is 10.2. The third-order valence-electron chi connectivity index (χ3n) is 4.40. The third kappa shape index (κ3) is 5.82. The van der Waals surface area contributed by atoms with Crippen LogP contribution in [0.3, 0.4) is 0 Å². The van der Waals surface area contributed by atoms with E-state index in [1.165, 1.54) is 17.3 Å². The summed E-state index contributed by atoms with van der Waals surface area (Å²) in [5, 5.41) is 21.0. The number of carboxylic acid groups (broad SMARTS) is 1. The van der Waals surface area contributed by atoms with Crippen LogP contribution in [0.25, 0.3) is 0 Å². The summed E-state index contributed by atoms with van der Waals surface area (Å²) in [6.45, 7) is 2.51. The zero-order valence-corrected chi connectivity index (χ0v) is 16.1. The molecule has 1 atom stereocenters. The molecule has 0 aliphatic heterocycles. The summed E-state index contributed by atoms with van der Waals surface area (Å²) in [4.78, 5) is 22.8. The van der Waals surface area contributed by atoms with Gasteiger partial charge in [0.25, 0.3) is 0 Å². The number of hydrogen-bond acceptors (Lipinski definition) is 5. The molecule has 7 nitrogen and oxygen atoms in total. The smallest absolute Gasteiger partial charge is 0.303 e. The molecular weight excluding hydrogens is 364 g/mol. The van der Waals surface area contributed by atoms with Gasteiger partial charge in [-0.25, -0.2) is 0 Å². The predicted octanol–water partition coefficient (Wildman–Crippen LogP) is 2.67. The van der Waals surface area contributed by atoms with E-state index in [1.807, 2.05) is 25.1 Å². The van der Waals surface area contributed by atoms with Gasteiger partial charge in [0.15, 0.2) is 5.16 Å². The van der Waals surface area contributed by atoms with Gasteiger partial charge in [0.2, 0.25) is 5.91 Å². The quantitative estimate of drug-likeness (QED) is 0.608. The van der Waals surface area contributed by atoms with E-state index in [-0.39, 0.29) is 24.1 Å². The monoisotopic (exact) mass is 388 g/mol. The predicted molar refractivity (Wildman–Crippen MR) is 103 cm³/mol. The fourth-order valence-electron chi connectivity index (χ4n) is 2.82. The number of thioether (sulfide) groups is 1. The Morgan fingerprint density at radius 3 is 2.70 bits per heavy atom. The Morgan fingerprint density at radius 2 is 2.04 bits per heavy atom. The second-order valence-electron chi connectivity index (χ2n) is 6.88. The molecule has 1 aromatic carbocycles. The maximum atomic E-state index is 12.2. The lowest BCUT2D eigenvalue weighted by Gasteiger charge is -2.13. The molecule has 144 valence electrons. The number of nitrogens with one attached hydrogen (secondary N) is 1. The first-order valence-electron chi connectivity index (χ1n) is 9.14. The number of hydrogen-bond donors (Lipinski definition) is 2. The molecule has 2 N–H and O–H groups in total. The zero-order valence-electron chi connectivity index (χ0n) is 15.3. The van der Waals surface area contributed by atoms with E-state index >= 15 is 0 Å². The highest BCUT2D eigenvalue weighted by atomic mass is 32.2. The largest absolute Gasteiger partial charge is 0.481 e. The summed E-state index contributed by atoms with van der Waals surface area (Å²) in [5.41, 5.74) is 1.17. The molecule has 1 unspecified atom stereocenters. The van der Waals surface area contributed by atoms with Crippen LogP contribution in [0, 0.1) is 0 Å². The van der Waals surface area contributed by atoms with Crippen molar-refractivity contribution in [2.45, 2.75) is 56.3 Å². The van der Waals surface area contributed by atoms with Crippen LogP contribution in [-0.2, 0) is 16.1 Å². The molecule has 1 saturated carbocycles. The lowest BCUT2D eigenvalue weighted by molar-refractivity contribution is -0.137. The molecule has 0 bridgehead atoms. The van der Waals surface area contributed by atoms with Crippen LogP contribution in [0.15, 0.2) is 35.5 Å². The maximum Gasteiger partial charge on any atom is 0.303 e. The van der Waals surface area contributed by atoms with Gasteiger partial charge < -0.3 is 15.0 Å². The van der Waals surface area contributed by atoms with Gasteiger partial charge in [-0.15, -0.1) is 10.2 Å². The van der Waals surface area contributed by atoms with Crippen LogP contribution in [0.4, 0.5) is 0 Å². The molecule has 0 saturated heterocycles. The van der Waals surface area contributed by atoms with Crippen molar-refractivity contribution in [2.24, 2.45) is 0 Å². The van der Waals surface area contributed by atoms with Crippen molar-refractivity contribution < 1.29 is 14.7 Å². The fourth-order valence-corrected chi connectivity index (χ4v) is 3.58. The van der Waals surface area contributed by atoms with Gasteiger partial charge in [0.1, 0.15) is 5.82 Å². The Labute approximate surface area is 162 Å². The van der Waals surface area contributed by atoms with Crippen LogP contribution in [0.2, 0.25) is 0 Å². The van der Waals surface area contributed by atoms with Gasteiger partial charge in [-0.3, -0.25) is 9.59 Å². The Morgan fingerprint density at radius 1 is 1.30 bits per heavy atom. The standard InChI is InChI=1S/C19H24N4O3S/c1-13(7-10-17(25)26)20-16(24)12-27-19-22-21-18(15-8-9-15)23(19)11-14-5-3-2-4-6-14/h2-6,13,15H,7-12H2,1H3,(H,20,24)(H,25,26). The van der Waals surface area contributed by atoms with Crippen molar-refractivity contribution in [3.8, 4) is 0 Å². The van der Waals surface area contributed by atoms with Crippen LogP contribution in [-0.4, -0.2) is 43.5 Å². The number of nitrogens with zero attached hydrogens (tertiary/aromatic N) is 3. The minimum atomic E-state index is -0.855. The second-order valence-corrected chi connectivity index (χ2v) is 7.82. The number of benzene rings is 1. The molecule has 0 spiro atoms. The van der Waals surface area contributed by atoms with E-state index < -0.39 is 5.97 Å². The molecular formula is C19H24N4O3S. The Bertz CT molecular complexity index is 790. The van der Waals surface area contributed by atoms with Crippen molar-refractivity contribution in [3.05, 3.63) is 41.7 Å². The SMILES string of the molecule is CC(CCC(=O)O)NC(=O)CSc1nnc(C2CC2)n1Cc1ccccc1. The van der Waals surface area contributed by atoms with E-state index in [1.54, 1.807) is 0 Å². The molecule has 0 radical (unpaired) electrons. The number of rotatable bonds is 10. The van der Waals surface area contributed by atoms with E-state index in [0.29, 0.717) is 18.9 Å². The fraction of sp³-hybridized carbons (Fsp3) is 0.474. The lowest BCUT2D eigenvalue weighted by Crippen LogP contribution is -2.34. The average Bonchev–Trinajstić information content (AvgIpc) is 3.41. The van der Waals surface area contributed by atoms with E-state index in [4.69, 9.17) is 5.11 Å².